The highest BCUT2D eigenvalue weighted by atomic mass is 127. The van der Waals surface area contributed by atoms with Crippen molar-refractivity contribution in [3.05, 3.63) is 51.9 Å². The Morgan fingerprint density at radius 1 is 1.17 bits per heavy atom. The Morgan fingerprint density at radius 2 is 1.92 bits per heavy atom. The minimum Gasteiger partial charge on any atom is -0.348 e. The smallest absolute Gasteiger partial charge is 0.268 e. The average Bonchev–Trinajstić information content (AvgIpc) is 3.05. The van der Waals surface area contributed by atoms with Crippen LogP contribution < -0.4 is 5.32 Å². The Morgan fingerprint density at radius 3 is 2.58 bits per heavy atom. The van der Waals surface area contributed by atoms with Gasteiger partial charge >= 0.3 is 0 Å². The molecule has 0 spiro atoms. The first-order valence-electron chi connectivity index (χ1n) is 8.04. The van der Waals surface area contributed by atoms with Crippen LogP contribution in [0, 0.1) is 3.57 Å². The van der Waals surface area contributed by atoms with Crippen LogP contribution in [0.25, 0.3) is 5.69 Å². The van der Waals surface area contributed by atoms with Gasteiger partial charge < -0.3 is 14.8 Å². The van der Waals surface area contributed by atoms with Crippen LogP contribution in [0.5, 0.6) is 0 Å². The topological polar surface area (TPSA) is 54.3 Å². The molecular formula is C18H20IN3O2. The number of rotatable bonds is 3. The highest BCUT2D eigenvalue weighted by molar-refractivity contribution is 14.1. The van der Waals surface area contributed by atoms with Crippen LogP contribution in [0.15, 0.2) is 42.6 Å². The van der Waals surface area contributed by atoms with Crippen LogP contribution in [0.3, 0.4) is 0 Å². The molecule has 0 saturated carbocycles. The fraction of sp³-hybridized carbons (Fsp3) is 0.333. The number of carbonyl (C=O) groups excluding carboxylic acids is 2. The van der Waals surface area contributed by atoms with Crippen molar-refractivity contribution in [1.29, 1.82) is 0 Å². The summed E-state index contributed by atoms with van der Waals surface area (Å²) in [7, 11) is 0. The zero-order valence-corrected chi connectivity index (χ0v) is 15.7. The number of amides is 2. The third kappa shape index (κ3) is 3.80. The van der Waals surface area contributed by atoms with Crippen LogP contribution in [0.1, 0.15) is 30.3 Å². The molecule has 1 aliphatic rings. The average molecular weight is 437 g/mol. The van der Waals surface area contributed by atoms with Gasteiger partial charge in [-0.2, -0.15) is 0 Å². The second-order valence-corrected chi connectivity index (χ2v) is 7.24. The monoisotopic (exact) mass is 437 g/mol. The normalized spacial score (nSPS) is 15.3. The van der Waals surface area contributed by atoms with Crippen LogP contribution in [-0.4, -0.2) is 40.4 Å². The summed E-state index contributed by atoms with van der Waals surface area (Å²) in [6.45, 7) is 3.00. The molecule has 0 atom stereocenters. The van der Waals surface area contributed by atoms with E-state index < -0.39 is 0 Å². The molecule has 0 aliphatic carbocycles. The van der Waals surface area contributed by atoms with E-state index in [1.165, 1.54) is 0 Å². The number of likely N-dealkylation sites (tertiary alicyclic amines) is 1. The van der Waals surface area contributed by atoms with Crippen molar-refractivity contribution in [2.45, 2.75) is 25.8 Å². The molecule has 2 amide bonds. The second kappa shape index (κ2) is 7.38. The molecule has 2 heterocycles. The summed E-state index contributed by atoms with van der Waals surface area (Å²) in [5.41, 5.74) is 1.61. The van der Waals surface area contributed by atoms with Gasteiger partial charge in [-0.05, 0) is 65.8 Å². The lowest BCUT2D eigenvalue weighted by molar-refractivity contribution is -0.129. The first kappa shape index (κ1) is 17.0. The van der Waals surface area contributed by atoms with Gasteiger partial charge in [0.2, 0.25) is 5.91 Å². The predicted molar refractivity (Wildman–Crippen MR) is 101 cm³/mol. The maximum Gasteiger partial charge on any atom is 0.268 e. The minimum atomic E-state index is -0.0693. The van der Waals surface area contributed by atoms with Gasteiger partial charge in [0.1, 0.15) is 5.69 Å². The predicted octanol–water partition coefficient (Wildman–Crippen LogP) is 2.82. The highest BCUT2D eigenvalue weighted by Crippen LogP contribution is 2.17. The van der Waals surface area contributed by atoms with Crippen molar-refractivity contribution in [3.8, 4) is 5.69 Å². The number of piperidine rings is 1. The van der Waals surface area contributed by atoms with Crippen LogP contribution >= 0.6 is 22.6 Å². The molecular weight excluding hydrogens is 417 g/mol. The van der Waals surface area contributed by atoms with E-state index in [0.29, 0.717) is 18.8 Å². The Hall–Kier alpha value is -1.83. The number of carbonyl (C=O) groups is 2. The van der Waals surface area contributed by atoms with Crippen molar-refractivity contribution in [2.75, 3.05) is 13.1 Å². The van der Waals surface area contributed by atoms with E-state index in [0.717, 1.165) is 22.1 Å². The summed E-state index contributed by atoms with van der Waals surface area (Å²) in [5, 5.41) is 3.11. The molecule has 0 unspecified atom stereocenters. The molecule has 1 aromatic heterocycles. The molecule has 6 heteroatoms. The lowest BCUT2D eigenvalue weighted by Crippen LogP contribution is -2.46. The Balaban J connectivity index is 1.69. The van der Waals surface area contributed by atoms with Gasteiger partial charge in [-0.25, -0.2) is 0 Å². The summed E-state index contributed by atoms with van der Waals surface area (Å²) in [6.07, 6.45) is 3.50. The molecule has 1 aromatic carbocycles. The van der Waals surface area contributed by atoms with Gasteiger partial charge in [-0.15, -0.1) is 0 Å². The van der Waals surface area contributed by atoms with E-state index in [1.807, 2.05) is 52.1 Å². The highest BCUT2D eigenvalue weighted by Gasteiger charge is 2.23. The summed E-state index contributed by atoms with van der Waals surface area (Å²) < 4.78 is 3.03. The van der Waals surface area contributed by atoms with Crippen molar-refractivity contribution in [2.24, 2.45) is 0 Å². The third-order valence-electron chi connectivity index (χ3n) is 4.34. The lowest BCUT2D eigenvalue weighted by Gasteiger charge is -2.31. The SMILES string of the molecule is CC(=O)N1CCC(NC(=O)c2cccn2-c2cccc(I)c2)CC1. The molecule has 0 bridgehead atoms. The fourth-order valence-corrected chi connectivity index (χ4v) is 3.54. The van der Waals surface area contributed by atoms with Gasteiger partial charge in [0, 0.05) is 41.5 Å². The number of aromatic nitrogens is 1. The zero-order chi connectivity index (χ0) is 17.1. The molecule has 1 N–H and O–H groups in total. The van der Waals surface area contributed by atoms with E-state index >= 15 is 0 Å². The van der Waals surface area contributed by atoms with Crippen LogP contribution in [-0.2, 0) is 4.79 Å². The van der Waals surface area contributed by atoms with Gasteiger partial charge in [-0.3, -0.25) is 9.59 Å². The van der Waals surface area contributed by atoms with Crippen molar-refractivity contribution >= 4 is 34.4 Å². The third-order valence-corrected chi connectivity index (χ3v) is 5.01. The fourth-order valence-electron chi connectivity index (χ4n) is 3.02. The Bertz CT molecular complexity index is 748. The van der Waals surface area contributed by atoms with E-state index in [-0.39, 0.29) is 17.9 Å². The van der Waals surface area contributed by atoms with Crippen LogP contribution in [0.4, 0.5) is 0 Å². The molecule has 1 aliphatic heterocycles. The molecule has 126 valence electrons. The molecule has 1 fully saturated rings. The number of halogens is 1. The largest absolute Gasteiger partial charge is 0.348 e. The second-order valence-electron chi connectivity index (χ2n) is 6.00. The Labute approximate surface area is 155 Å². The summed E-state index contributed by atoms with van der Waals surface area (Å²) in [6, 6.07) is 11.9. The number of nitrogens with zero attached hydrogens (tertiary/aromatic N) is 2. The number of benzene rings is 1. The molecule has 1 saturated heterocycles. The van der Waals surface area contributed by atoms with Crippen LogP contribution in [0.2, 0.25) is 0 Å². The van der Waals surface area contributed by atoms with Gasteiger partial charge in [0.05, 0.1) is 0 Å². The lowest BCUT2D eigenvalue weighted by atomic mass is 10.0. The van der Waals surface area contributed by atoms with Crippen molar-refractivity contribution < 1.29 is 9.59 Å². The van der Waals surface area contributed by atoms with Gasteiger partial charge in [-0.1, -0.05) is 6.07 Å². The van der Waals surface area contributed by atoms with E-state index in [9.17, 15) is 9.59 Å². The molecule has 5 nitrogen and oxygen atoms in total. The van der Waals surface area contributed by atoms with E-state index in [4.69, 9.17) is 0 Å². The standard InChI is InChI=1S/C18H20IN3O2/c1-13(23)21-10-7-15(8-11-21)20-18(24)17-6-3-9-22(17)16-5-2-4-14(19)12-16/h2-6,9,12,15H,7-8,10-11H2,1H3,(H,20,24). The summed E-state index contributed by atoms with van der Waals surface area (Å²) in [5.74, 6) is 0.0347. The van der Waals surface area contributed by atoms with E-state index in [1.54, 1.807) is 6.92 Å². The molecule has 0 radical (unpaired) electrons. The van der Waals surface area contributed by atoms with Crippen molar-refractivity contribution in [1.82, 2.24) is 14.8 Å². The molecule has 2 aromatic rings. The maximum absolute atomic E-state index is 12.7. The van der Waals surface area contributed by atoms with Crippen molar-refractivity contribution in [3.63, 3.8) is 0 Å². The van der Waals surface area contributed by atoms with Gasteiger partial charge in [0.25, 0.3) is 5.91 Å². The van der Waals surface area contributed by atoms with E-state index in [2.05, 4.69) is 27.9 Å². The number of hydrogen-bond donors (Lipinski definition) is 1. The first-order chi connectivity index (χ1) is 11.5. The van der Waals surface area contributed by atoms with Gasteiger partial charge in [0.15, 0.2) is 0 Å². The zero-order valence-electron chi connectivity index (χ0n) is 13.5. The quantitative estimate of drug-likeness (QED) is 0.752. The molecule has 3 rings (SSSR count). The number of hydrogen-bond acceptors (Lipinski definition) is 2. The number of nitrogens with one attached hydrogen (secondary N) is 1. The summed E-state index contributed by atoms with van der Waals surface area (Å²) in [4.78, 5) is 25.9. The maximum atomic E-state index is 12.7. The first-order valence-corrected chi connectivity index (χ1v) is 9.12. The summed E-state index contributed by atoms with van der Waals surface area (Å²) >= 11 is 2.26. The molecule has 24 heavy (non-hydrogen) atoms. The minimum absolute atomic E-state index is 0.0693. The Kier molecular flexibility index (Phi) is 5.23.